The van der Waals surface area contributed by atoms with Gasteiger partial charge in [-0.05, 0) is 50.9 Å². The number of pyridine rings is 1. The number of anilines is 1. The lowest BCUT2D eigenvalue weighted by atomic mass is 9.88. The molecule has 3 N–H and O–H groups in total. The molecule has 3 aliphatic rings. The quantitative estimate of drug-likeness (QED) is 0.751. The standard InChI is InChI=1S/C18H26N4O2/c23-16-12-22(13-17(21-16)6-1-2-7-17)15-5-3-4-14(20-15)18(24)8-10-19-11-9-18/h3-5,19,24H,1-2,6-13H2,(H,21,23). The molecule has 1 aromatic heterocycles. The Hall–Kier alpha value is -1.66. The molecule has 0 radical (unpaired) electrons. The van der Waals surface area contributed by atoms with Crippen molar-refractivity contribution in [1.82, 2.24) is 15.6 Å². The first kappa shape index (κ1) is 15.8. The van der Waals surface area contributed by atoms with Crippen molar-refractivity contribution >= 4 is 11.7 Å². The summed E-state index contributed by atoms with van der Waals surface area (Å²) in [4.78, 5) is 19.0. The molecule has 130 valence electrons. The Morgan fingerprint density at radius 3 is 2.62 bits per heavy atom. The topological polar surface area (TPSA) is 77.5 Å². The van der Waals surface area contributed by atoms with E-state index in [2.05, 4.69) is 15.5 Å². The third kappa shape index (κ3) is 2.89. The molecule has 6 nitrogen and oxygen atoms in total. The molecule has 3 heterocycles. The minimum Gasteiger partial charge on any atom is -0.383 e. The predicted octanol–water partition coefficient (Wildman–Crippen LogP) is 0.902. The molecule has 1 amide bonds. The van der Waals surface area contributed by atoms with Gasteiger partial charge in [-0.15, -0.1) is 0 Å². The van der Waals surface area contributed by atoms with Gasteiger partial charge in [-0.1, -0.05) is 18.9 Å². The van der Waals surface area contributed by atoms with Gasteiger partial charge >= 0.3 is 0 Å². The van der Waals surface area contributed by atoms with Gasteiger partial charge in [0.25, 0.3) is 0 Å². The molecule has 0 unspecified atom stereocenters. The van der Waals surface area contributed by atoms with Gasteiger partial charge in [0.1, 0.15) is 11.4 Å². The van der Waals surface area contributed by atoms with Crippen LogP contribution in [0.3, 0.4) is 0 Å². The molecule has 1 saturated carbocycles. The fraction of sp³-hybridized carbons (Fsp3) is 0.667. The summed E-state index contributed by atoms with van der Waals surface area (Å²) in [5.74, 6) is 0.886. The first-order valence-electron chi connectivity index (χ1n) is 9.05. The Bertz CT molecular complexity index is 621. The average Bonchev–Trinajstić information content (AvgIpc) is 3.02. The number of hydrogen-bond donors (Lipinski definition) is 3. The SMILES string of the molecule is O=C1CN(c2cccc(C3(O)CCNCC3)n2)CC2(CCCC2)N1. The lowest BCUT2D eigenvalue weighted by molar-refractivity contribution is -0.122. The van der Waals surface area contributed by atoms with Crippen LogP contribution in [0, 0.1) is 0 Å². The van der Waals surface area contributed by atoms with E-state index in [1.807, 2.05) is 18.2 Å². The van der Waals surface area contributed by atoms with Crippen molar-refractivity contribution in [3.63, 3.8) is 0 Å². The van der Waals surface area contributed by atoms with Crippen LogP contribution in [-0.4, -0.2) is 47.7 Å². The van der Waals surface area contributed by atoms with E-state index in [4.69, 9.17) is 4.98 Å². The fourth-order valence-electron chi connectivity index (χ4n) is 4.42. The maximum Gasteiger partial charge on any atom is 0.240 e. The van der Waals surface area contributed by atoms with Crippen molar-refractivity contribution < 1.29 is 9.90 Å². The van der Waals surface area contributed by atoms with E-state index in [-0.39, 0.29) is 11.4 Å². The zero-order chi connectivity index (χ0) is 16.6. The predicted molar refractivity (Wildman–Crippen MR) is 91.8 cm³/mol. The highest BCUT2D eigenvalue weighted by molar-refractivity contribution is 5.83. The summed E-state index contributed by atoms with van der Waals surface area (Å²) in [6.07, 6.45) is 5.79. The van der Waals surface area contributed by atoms with Gasteiger partial charge in [-0.2, -0.15) is 0 Å². The summed E-state index contributed by atoms with van der Waals surface area (Å²) in [7, 11) is 0. The second-order valence-corrected chi connectivity index (χ2v) is 7.55. The van der Waals surface area contributed by atoms with E-state index in [1.165, 1.54) is 12.8 Å². The number of piperazine rings is 1. The van der Waals surface area contributed by atoms with Crippen LogP contribution in [0.25, 0.3) is 0 Å². The number of amides is 1. The van der Waals surface area contributed by atoms with Gasteiger partial charge in [-0.3, -0.25) is 4.79 Å². The van der Waals surface area contributed by atoms with Crippen LogP contribution in [0.1, 0.15) is 44.2 Å². The van der Waals surface area contributed by atoms with Crippen LogP contribution in [0.4, 0.5) is 5.82 Å². The van der Waals surface area contributed by atoms with Gasteiger partial charge in [0.2, 0.25) is 5.91 Å². The lowest BCUT2D eigenvalue weighted by Gasteiger charge is -2.41. The number of aromatic nitrogens is 1. The van der Waals surface area contributed by atoms with Crippen molar-refractivity contribution in [3.8, 4) is 0 Å². The minimum absolute atomic E-state index is 0.0796. The normalized spacial score (nSPS) is 25.7. The van der Waals surface area contributed by atoms with E-state index in [0.29, 0.717) is 19.4 Å². The molecule has 1 aromatic rings. The Labute approximate surface area is 142 Å². The smallest absolute Gasteiger partial charge is 0.240 e. The van der Waals surface area contributed by atoms with Gasteiger partial charge < -0.3 is 20.6 Å². The van der Waals surface area contributed by atoms with E-state index in [1.54, 1.807) is 0 Å². The summed E-state index contributed by atoms with van der Waals surface area (Å²) in [5.41, 5.74) is -0.212. The monoisotopic (exact) mass is 330 g/mol. The molecule has 2 saturated heterocycles. The van der Waals surface area contributed by atoms with E-state index in [9.17, 15) is 9.90 Å². The number of hydrogen-bond acceptors (Lipinski definition) is 5. The van der Waals surface area contributed by atoms with Crippen LogP contribution in [0.15, 0.2) is 18.2 Å². The van der Waals surface area contributed by atoms with Gasteiger partial charge in [-0.25, -0.2) is 4.98 Å². The zero-order valence-electron chi connectivity index (χ0n) is 14.1. The highest BCUT2D eigenvalue weighted by atomic mass is 16.3. The molecule has 0 atom stereocenters. The van der Waals surface area contributed by atoms with E-state index < -0.39 is 5.60 Å². The Kier molecular flexibility index (Phi) is 3.96. The van der Waals surface area contributed by atoms with Crippen LogP contribution in [0.5, 0.6) is 0 Å². The Balaban J connectivity index is 1.59. The number of piperidine rings is 1. The molecule has 1 spiro atoms. The molecule has 6 heteroatoms. The second-order valence-electron chi connectivity index (χ2n) is 7.55. The molecular weight excluding hydrogens is 304 g/mol. The summed E-state index contributed by atoms with van der Waals surface area (Å²) < 4.78 is 0. The van der Waals surface area contributed by atoms with Gasteiger partial charge in [0.15, 0.2) is 0 Å². The number of carbonyl (C=O) groups excluding carboxylic acids is 1. The molecule has 2 aliphatic heterocycles. The molecule has 3 fully saturated rings. The Morgan fingerprint density at radius 1 is 1.12 bits per heavy atom. The van der Waals surface area contributed by atoms with Crippen molar-refractivity contribution in [3.05, 3.63) is 23.9 Å². The number of nitrogens with zero attached hydrogens (tertiary/aromatic N) is 2. The molecule has 0 aromatic carbocycles. The van der Waals surface area contributed by atoms with Crippen molar-refractivity contribution in [2.75, 3.05) is 31.1 Å². The van der Waals surface area contributed by atoms with E-state index in [0.717, 1.165) is 44.0 Å². The van der Waals surface area contributed by atoms with Gasteiger partial charge in [0, 0.05) is 6.54 Å². The van der Waals surface area contributed by atoms with Gasteiger partial charge in [0.05, 0.1) is 17.8 Å². The molecule has 4 rings (SSSR count). The van der Waals surface area contributed by atoms with E-state index >= 15 is 0 Å². The third-order valence-corrected chi connectivity index (χ3v) is 5.76. The van der Waals surface area contributed by atoms with Crippen LogP contribution in [0.2, 0.25) is 0 Å². The maximum atomic E-state index is 12.2. The summed E-state index contributed by atoms with van der Waals surface area (Å²) in [6.45, 7) is 2.77. The molecule has 1 aliphatic carbocycles. The first-order valence-corrected chi connectivity index (χ1v) is 9.05. The maximum absolute atomic E-state index is 12.2. The number of aliphatic hydroxyl groups is 1. The summed E-state index contributed by atoms with van der Waals surface area (Å²) in [6, 6.07) is 5.81. The van der Waals surface area contributed by atoms with Crippen LogP contribution >= 0.6 is 0 Å². The van der Waals surface area contributed by atoms with Crippen LogP contribution in [-0.2, 0) is 10.4 Å². The van der Waals surface area contributed by atoms with Crippen molar-refractivity contribution in [1.29, 1.82) is 0 Å². The molecular formula is C18H26N4O2. The van der Waals surface area contributed by atoms with Crippen LogP contribution < -0.4 is 15.5 Å². The third-order valence-electron chi connectivity index (χ3n) is 5.76. The van der Waals surface area contributed by atoms with Crippen molar-refractivity contribution in [2.24, 2.45) is 0 Å². The number of nitrogens with one attached hydrogen (secondary N) is 2. The largest absolute Gasteiger partial charge is 0.383 e. The highest BCUT2D eigenvalue weighted by Crippen LogP contribution is 2.34. The zero-order valence-corrected chi connectivity index (χ0v) is 14.1. The summed E-state index contributed by atoms with van der Waals surface area (Å²) in [5, 5.41) is 17.4. The fourth-order valence-corrected chi connectivity index (χ4v) is 4.42. The van der Waals surface area contributed by atoms with Crippen molar-refractivity contribution in [2.45, 2.75) is 49.7 Å². The number of rotatable bonds is 2. The minimum atomic E-state index is -0.857. The molecule has 0 bridgehead atoms. The highest BCUT2D eigenvalue weighted by Gasteiger charge is 2.41. The number of carbonyl (C=O) groups is 1. The average molecular weight is 330 g/mol. The molecule has 24 heavy (non-hydrogen) atoms. The Morgan fingerprint density at radius 2 is 1.88 bits per heavy atom. The lowest BCUT2D eigenvalue weighted by Crippen LogP contribution is -2.62. The first-order chi connectivity index (χ1) is 11.6. The second kappa shape index (κ2) is 6.01. The summed E-state index contributed by atoms with van der Waals surface area (Å²) >= 11 is 0.